The molecule has 0 atom stereocenters. The number of hydrogen-bond donors (Lipinski definition) is 0. The van der Waals surface area contributed by atoms with Crippen molar-refractivity contribution in [3.05, 3.63) is 187 Å². The molecule has 3 heterocycles. The van der Waals surface area contributed by atoms with Gasteiger partial charge < -0.3 is 13.7 Å². The fourth-order valence-electron chi connectivity index (χ4n) is 8.77. The van der Waals surface area contributed by atoms with Gasteiger partial charge in [-0.15, -0.1) is 0 Å². The normalized spacial score (nSPS) is 11.6. The summed E-state index contributed by atoms with van der Waals surface area (Å²) in [5, 5.41) is 26.9. The Balaban J connectivity index is 1.12. The lowest BCUT2D eigenvalue weighted by molar-refractivity contribution is 1.16. The third-order valence-electron chi connectivity index (χ3n) is 11.1. The lowest BCUT2D eigenvalue weighted by Crippen LogP contribution is -1.99. The van der Waals surface area contributed by atoms with Crippen molar-refractivity contribution in [2.75, 3.05) is 0 Å². The zero-order chi connectivity index (χ0) is 36.6. The zero-order valence-corrected chi connectivity index (χ0v) is 29.5. The second-order valence-electron chi connectivity index (χ2n) is 14.0. The first kappa shape index (κ1) is 30.7. The number of fused-ring (bicyclic) bond motifs is 9. The molecule has 0 spiro atoms. The van der Waals surface area contributed by atoms with Gasteiger partial charge in [0.25, 0.3) is 0 Å². The largest absolute Gasteiger partial charge is 0.309 e. The standard InChI is InChI=1S/C50H29N5/c51-30-32-20-26-36(48(28-32)55-44-16-7-3-12-39(44)40-27-21-33(31-52)29-49(40)55)34-22-24-35(25-23-34)53-45-17-8-4-13-41(45)50-46(53)18-9-19-47(50)54-42-14-5-1-10-37(42)38-11-2-6-15-43(38)54/h1-29H. The van der Waals surface area contributed by atoms with Gasteiger partial charge in [-0.25, -0.2) is 0 Å². The molecule has 0 bridgehead atoms. The van der Waals surface area contributed by atoms with Crippen molar-refractivity contribution in [2.45, 2.75) is 0 Å². The van der Waals surface area contributed by atoms with Crippen molar-refractivity contribution < 1.29 is 0 Å². The summed E-state index contributed by atoms with van der Waals surface area (Å²) in [6.45, 7) is 0. The van der Waals surface area contributed by atoms with Gasteiger partial charge in [-0.05, 0) is 78.4 Å². The molecule has 0 aliphatic rings. The van der Waals surface area contributed by atoms with Crippen LogP contribution in [0.3, 0.4) is 0 Å². The van der Waals surface area contributed by atoms with Crippen LogP contribution in [-0.4, -0.2) is 13.7 Å². The summed E-state index contributed by atoms with van der Waals surface area (Å²) in [6.07, 6.45) is 0. The van der Waals surface area contributed by atoms with Crippen LogP contribution < -0.4 is 0 Å². The SMILES string of the molecule is N#Cc1ccc(-c2ccc(-n3c4ccccc4c4c(-n5c6ccccc6c6ccccc65)cccc43)cc2)c(-n2c3ccccc3c3ccc(C#N)cc32)c1. The summed E-state index contributed by atoms with van der Waals surface area (Å²) in [4.78, 5) is 0. The van der Waals surface area contributed by atoms with Gasteiger partial charge in [-0.2, -0.15) is 10.5 Å². The third kappa shape index (κ3) is 4.45. The summed E-state index contributed by atoms with van der Waals surface area (Å²) in [7, 11) is 0. The Hall–Kier alpha value is -7.86. The molecular weight excluding hydrogens is 671 g/mol. The summed E-state index contributed by atoms with van der Waals surface area (Å²) in [6, 6.07) is 66.0. The third-order valence-corrected chi connectivity index (χ3v) is 11.1. The zero-order valence-electron chi connectivity index (χ0n) is 29.5. The molecule has 0 N–H and O–H groups in total. The Morgan fingerprint density at radius 3 is 1.45 bits per heavy atom. The molecule has 0 fully saturated rings. The quantitative estimate of drug-likeness (QED) is 0.184. The van der Waals surface area contributed by atoms with Gasteiger partial charge in [0.1, 0.15) is 0 Å². The minimum atomic E-state index is 0.571. The molecule has 0 aliphatic heterocycles. The highest BCUT2D eigenvalue weighted by atomic mass is 15.0. The molecule has 254 valence electrons. The number of aromatic nitrogens is 3. The van der Waals surface area contributed by atoms with E-state index in [4.69, 9.17) is 0 Å². The minimum Gasteiger partial charge on any atom is -0.309 e. The van der Waals surface area contributed by atoms with E-state index in [1.165, 1.54) is 32.6 Å². The lowest BCUT2D eigenvalue weighted by atomic mass is 10.0. The highest BCUT2D eigenvalue weighted by molar-refractivity contribution is 6.16. The first-order valence-electron chi connectivity index (χ1n) is 18.3. The minimum absolute atomic E-state index is 0.571. The van der Waals surface area contributed by atoms with Gasteiger partial charge in [-0.1, -0.05) is 103 Å². The molecule has 5 heteroatoms. The lowest BCUT2D eigenvalue weighted by Gasteiger charge is -2.16. The molecule has 3 aromatic heterocycles. The van der Waals surface area contributed by atoms with Crippen LogP contribution in [0, 0.1) is 22.7 Å². The maximum Gasteiger partial charge on any atom is 0.0992 e. The average molecular weight is 700 g/mol. The van der Waals surface area contributed by atoms with E-state index in [1.54, 1.807) is 0 Å². The number of para-hydroxylation sites is 4. The molecule has 0 radical (unpaired) electrons. The fraction of sp³-hybridized carbons (Fsp3) is 0. The summed E-state index contributed by atoms with van der Waals surface area (Å²) in [5.41, 5.74) is 12.8. The molecular formula is C50H29N5. The van der Waals surface area contributed by atoms with Crippen LogP contribution in [0.2, 0.25) is 0 Å². The highest BCUT2D eigenvalue weighted by Crippen LogP contribution is 2.41. The van der Waals surface area contributed by atoms with Gasteiger partial charge in [0, 0.05) is 43.6 Å². The van der Waals surface area contributed by atoms with Gasteiger partial charge in [0.15, 0.2) is 0 Å². The number of hydrogen-bond acceptors (Lipinski definition) is 2. The van der Waals surface area contributed by atoms with Crippen molar-refractivity contribution >= 4 is 65.4 Å². The Kier molecular flexibility index (Phi) is 6.61. The Morgan fingerprint density at radius 1 is 0.345 bits per heavy atom. The molecule has 5 nitrogen and oxygen atoms in total. The van der Waals surface area contributed by atoms with E-state index in [2.05, 4.69) is 153 Å². The van der Waals surface area contributed by atoms with E-state index in [-0.39, 0.29) is 0 Å². The van der Waals surface area contributed by atoms with Crippen molar-refractivity contribution in [2.24, 2.45) is 0 Å². The molecule has 0 amide bonds. The van der Waals surface area contributed by atoms with Gasteiger partial charge >= 0.3 is 0 Å². The molecule has 0 unspecified atom stereocenters. The molecule has 0 saturated heterocycles. The molecule has 11 rings (SSSR count). The number of nitrogens with zero attached hydrogens (tertiary/aromatic N) is 5. The first-order chi connectivity index (χ1) is 27.2. The molecule has 0 aliphatic carbocycles. The van der Waals surface area contributed by atoms with Gasteiger partial charge in [0.05, 0.1) is 67.7 Å². The first-order valence-corrected chi connectivity index (χ1v) is 18.3. The van der Waals surface area contributed by atoms with Crippen LogP contribution in [0.5, 0.6) is 0 Å². The van der Waals surface area contributed by atoms with Crippen molar-refractivity contribution in [1.82, 2.24) is 13.7 Å². The van der Waals surface area contributed by atoms with Crippen LogP contribution >= 0.6 is 0 Å². The molecule has 55 heavy (non-hydrogen) atoms. The van der Waals surface area contributed by atoms with Gasteiger partial charge in [0.2, 0.25) is 0 Å². The predicted octanol–water partition coefficient (Wildman–Crippen LogP) is 12.4. The monoisotopic (exact) mass is 699 g/mol. The predicted molar refractivity (Wildman–Crippen MR) is 224 cm³/mol. The molecule has 8 aromatic carbocycles. The second kappa shape index (κ2) is 11.8. The Morgan fingerprint density at radius 2 is 0.836 bits per heavy atom. The van der Waals surface area contributed by atoms with Crippen LogP contribution in [0.25, 0.3) is 93.6 Å². The van der Waals surface area contributed by atoms with Gasteiger partial charge in [-0.3, -0.25) is 0 Å². The van der Waals surface area contributed by atoms with E-state index in [0.29, 0.717) is 11.1 Å². The van der Waals surface area contributed by atoms with E-state index in [0.717, 1.165) is 61.0 Å². The topological polar surface area (TPSA) is 62.4 Å². The van der Waals surface area contributed by atoms with E-state index < -0.39 is 0 Å². The average Bonchev–Trinajstić information content (AvgIpc) is 3.89. The maximum atomic E-state index is 10.0. The fourth-order valence-corrected chi connectivity index (χ4v) is 8.77. The van der Waals surface area contributed by atoms with E-state index in [1.807, 2.05) is 48.5 Å². The van der Waals surface area contributed by atoms with E-state index >= 15 is 0 Å². The number of rotatable bonds is 4. The van der Waals surface area contributed by atoms with Crippen LogP contribution in [0.15, 0.2) is 176 Å². The van der Waals surface area contributed by atoms with Crippen LogP contribution in [-0.2, 0) is 0 Å². The number of benzene rings is 8. The van der Waals surface area contributed by atoms with Crippen molar-refractivity contribution in [1.29, 1.82) is 10.5 Å². The molecule has 11 aromatic rings. The highest BCUT2D eigenvalue weighted by Gasteiger charge is 2.21. The Bertz CT molecular complexity index is 3400. The Labute approximate surface area is 316 Å². The maximum absolute atomic E-state index is 10.0. The van der Waals surface area contributed by atoms with Crippen LogP contribution in [0.4, 0.5) is 0 Å². The van der Waals surface area contributed by atoms with Crippen LogP contribution in [0.1, 0.15) is 11.1 Å². The van der Waals surface area contributed by atoms with Crippen molar-refractivity contribution in [3.8, 4) is 40.3 Å². The van der Waals surface area contributed by atoms with Crippen molar-refractivity contribution in [3.63, 3.8) is 0 Å². The second-order valence-corrected chi connectivity index (χ2v) is 14.0. The number of nitriles is 2. The molecule has 0 saturated carbocycles. The van der Waals surface area contributed by atoms with E-state index in [9.17, 15) is 10.5 Å². The summed E-state index contributed by atoms with van der Waals surface area (Å²) >= 11 is 0. The summed E-state index contributed by atoms with van der Waals surface area (Å²) in [5.74, 6) is 0. The smallest absolute Gasteiger partial charge is 0.0992 e. The summed E-state index contributed by atoms with van der Waals surface area (Å²) < 4.78 is 6.97.